The van der Waals surface area contributed by atoms with Gasteiger partial charge in [0, 0.05) is 18.6 Å². The van der Waals surface area contributed by atoms with Gasteiger partial charge < -0.3 is 10.6 Å². The molecule has 0 aromatic heterocycles. The Morgan fingerprint density at radius 1 is 1.21 bits per heavy atom. The summed E-state index contributed by atoms with van der Waals surface area (Å²) in [5, 5.41) is 0. The molecule has 0 spiro atoms. The predicted octanol–water partition coefficient (Wildman–Crippen LogP) is 2.23. The minimum atomic E-state index is 0.404. The number of nitrogens with zero attached hydrogens (tertiary/aromatic N) is 1. The van der Waals surface area contributed by atoms with Crippen LogP contribution in [0, 0.1) is 5.92 Å². The Morgan fingerprint density at radius 3 is 2.50 bits per heavy atom. The minimum Gasteiger partial charge on any atom is -0.326 e. The molecule has 0 aliphatic heterocycles. The first-order valence-electron chi connectivity index (χ1n) is 6.07. The van der Waals surface area contributed by atoms with Gasteiger partial charge in [-0.25, -0.2) is 0 Å². The highest BCUT2D eigenvalue weighted by Crippen LogP contribution is 2.20. The molecule has 0 heterocycles. The number of rotatable bonds is 3. The van der Waals surface area contributed by atoms with Crippen molar-refractivity contribution in [1.82, 2.24) is 4.90 Å². The Balaban J connectivity index is 2.45. The van der Waals surface area contributed by atoms with E-state index in [0.29, 0.717) is 12.1 Å². The lowest BCUT2D eigenvalue weighted by molar-refractivity contribution is 0.181. The van der Waals surface area contributed by atoms with Gasteiger partial charge in [0.05, 0.1) is 0 Å². The molecule has 0 amide bonds. The molecule has 14 heavy (non-hydrogen) atoms. The zero-order valence-electron chi connectivity index (χ0n) is 10.00. The van der Waals surface area contributed by atoms with Crippen LogP contribution < -0.4 is 5.73 Å². The Kier molecular flexibility index (Phi) is 4.90. The monoisotopic (exact) mass is 198 g/mol. The van der Waals surface area contributed by atoms with Gasteiger partial charge in [-0.1, -0.05) is 33.1 Å². The highest BCUT2D eigenvalue weighted by atomic mass is 15.1. The van der Waals surface area contributed by atoms with E-state index in [4.69, 9.17) is 5.73 Å². The fourth-order valence-electron chi connectivity index (χ4n) is 2.58. The smallest absolute Gasteiger partial charge is 0.0244 e. The van der Waals surface area contributed by atoms with Crippen molar-refractivity contribution in [3.8, 4) is 0 Å². The van der Waals surface area contributed by atoms with Crippen LogP contribution in [0.1, 0.15) is 46.0 Å². The van der Waals surface area contributed by atoms with Crippen molar-refractivity contribution in [3.63, 3.8) is 0 Å². The van der Waals surface area contributed by atoms with Gasteiger partial charge in [-0.05, 0) is 25.8 Å². The maximum atomic E-state index is 6.21. The summed E-state index contributed by atoms with van der Waals surface area (Å²) < 4.78 is 0. The SMILES string of the molecule is CC(C)CN(C)C1CCCCCC1N. The molecule has 1 aliphatic rings. The van der Waals surface area contributed by atoms with Gasteiger partial charge in [-0.3, -0.25) is 0 Å². The van der Waals surface area contributed by atoms with E-state index in [9.17, 15) is 0 Å². The Bertz CT molecular complexity index is 156. The second kappa shape index (κ2) is 5.72. The first-order valence-corrected chi connectivity index (χ1v) is 6.07. The van der Waals surface area contributed by atoms with E-state index in [2.05, 4.69) is 25.8 Å². The summed E-state index contributed by atoms with van der Waals surface area (Å²) in [5.41, 5.74) is 6.21. The van der Waals surface area contributed by atoms with Crippen LogP contribution >= 0.6 is 0 Å². The second-order valence-corrected chi connectivity index (χ2v) is 5.20. The van der Waals surface area contributed by atoms with Gasteiger partial charge in [-0.2, -0.15) is 0 Å². The summed E-state index contributed by atoms with van der Waals surface area (Å²) >= 11 is 0. The zero-order chi connectivity index (χ0) is 10.6. The van der Waals surface area contributed by atoms with Crippen molar-refractivity contribution >= 4 is 0 Å². The number of likely N-dealkylation sites (N-methyl/N-ethyl adjacent to an activating group) is 1. The summed E-state index contributed by atoms with van der Waals surface area (Å²) in [5.74, 6) is 0.746. The molecule has 0 saturated heterocycles. The third-order valence-electron chi connectivity index (χ3n) is 3.25. The Morgan fingerprint density at radius 2 is 1.86 bits per heavy atom. The Hall–Kier alpha value is -0.0800. The van der Waals surface area contributed by atoms with E-state index in [0.717, 1.165) is 5.92 Å². The highest BCUT2D eigenvalue weighted by Gasteiger charge is 2.24. The van der Waals surface area contributed by atoms with Gasteiger partial charge >= 0.3 is 0 Å². The van der Waals surface area contributed by atoms with Gasteiger partial charge in [0.15, 0.2) is 0 Å². The highest BCUT2D eigenvalue weighted by molar-refractivity contribution is 4.83. The van der Waals surface area contributed by atoms with Gasteiger partial charge in [0.1, 0.15) is 0 Å². The molecule has 2 heteroatoms. The van der Waals surface area contributed by atoms with Crippen LogP contribution in [0.2, 0.25) is 0 Å². The van der Waals surface area contributed by atoms with Crippen molar-refractivity contribution < 1.29 is 0 Å². The largest absolute Gasteiger partial charge is 0.326 e. The van der Waals surface area contributed by atoms with E-state index >= 15 is 0 Å². The molecule has 84 valence electrons. The number of nitrogens with two attached hydrogens (primary N) is 1. The maximum Gasteiger partial charge on any atom is 0.0244 e. The molecule has 0 aromatic rings. The molecule has 1 aliphatic carbocycles. The molecular formula is C12H26N2. The van der Waals surface area contributed by atoms with Crippen LogP contribution in [0.3, 0.4) is 0 Å². The molecule has 2 unspecified atom stereocenters. The normalized spacial score (nSPS) is 29.6. The molecule has 2 N–H and O–H groups in total. The Labute approximate surface area is 88.8 Å². The van der Waals surface area contributed by atoms with Crippen molar-refractivity contribution in [2.24, 2.45) is 11.7 Å². The molecule has 2 nitrogen and oxygen atoms in total. The first kappa shape index (κ1) is 12.0. The molecule has 0 radical (unpaired) electrons. The van der Waals surface area contributed by atoms with Gasteiger partial charge in [0.25, 0.3) is 0 Å². The average Bonchev–Trinajstić information content (AvgIpc) is 2.28. The molecular weight excluding hydrogens is 172 g/mol. The molecule has 0 aromatic carbocycles. The standard InChI is InChI=1S/C12H26N2/c1-10(2)9-14(3)12-8-6-4-5-7-11(12)13/h10-12H,4-9,13H2,1-3H3. The van der Waals surface area contributed by atoms with Crippen LogP contribution in [0.25, 0.3) is 0 Å². The molecule has 1 fully saturated rings. The van der Waals surface area contributed by atoms with Crippen molar-refractivity contribution in [1.29, 1.82) is 0 Å². The molecule has 2 atom stereocenters. The molecule has 1 rings (SSSR count). The minimum absolute atomic E-state index is 0.404. The van der Waals surface area contributed by atoms with Crippen LogP contribution in [0.5, 0.6) is 0 Å². The summed E-state index contributed by atoms with van der Waals surface area (Å²) in [6, 6.07) is 1.03. The third-order valence-corrected chi connectivity index (χ3v) is 3.25. The number of hydrogen-bond donors (Lipinski definition) is 1. The molecule has 0 bridgehead atoms. The first-order chi connectivity index (χ1) is 6.61. The van der Waals surface area contributed by atoms with E-state index < -0.39 is 0 Å². The maximum absolute atomic E-state index is 6.21. The van der Waals surface area contributed by atoms with Crippen molar-refractivity contribution in [3.05, 3.63) is 0 Å². The average molecular weight is 198 g/mol. The van der Waals surface area contributed by atoms with E-state index in [1.807, 2.05) is 0 Å². The molecule has 1 saturated carbocycles. The van der Waals surface area contributed by atoms with Crippen LogP contribution in [-0.4, -0.2) is 30.6 Å². The van der Waals surface area contributed by atoms with E-state index in [1.54, 1.807) is 0 Å². The van der Waals surface area contributed by atoms with E-state index in [1.165, 1.54) is 38.6 Å². The van der Waals surface area contributed by atoms with Gasteiger partial charge in [0.2, 0.25) is 0 Å². The lowest BCUT2D eigenvalue weighted by atomic mass is 10.0. The lowest BCUT2D eigenvalue weighted by Crippen LogP contribution is -2.46. The summed E-state index contributed by atoms with van der Waals surface area (Å²) in [7, 11) is 2.23. The quantitative estimate of drug-likeness (QED) is 0.705. The van der Waals surface area contributed by atoms with Crippen molar-refractivity contribution in [2.75, 3.05) is 13.6 Å². The third kappa shape index (κ3) is 3.58. The topological polar surface area (TPSA) is 29.3 Å². The van der Waals surface area contributed by atoms with Crippen LogP contribution in [-0.2, 0) is 0 Å². The van der Waals surface area contributed by atoms with E-state index in [-0.39, 0.29) is 0 Å². The predicted molar refractivity (Wildman–Crippen MR) is 62.3 cm³/mol. The van der Waals surface area contributed by atoms with Crippen LogP contribution in [0.4, 0.5) is 0 Å². The van der Waals surface area contributed by atoms with Crippen LogP contribution in [0.15, 0.2) is 0 Å². The summed E-state index contributed by atoms with van der Waals surface area (Å²) in [4.78, 5) is 2.47. The lowest BCUT2D eigenvalue weighted by Gasteiger charge is -2.32. The number of hydrogen-bond acceptors (Lipinski definition) is 2. The van der Waals surface area contributed by atoms with Gasteiger partial charge in [-0.15, -0.1) is 0 Å². The fraction of sp³-hybridized carbons (Fsp3) is 1.00. The van der Waals surface area contributed by atoms with Crippen molar-refractivity contribution in [2.45, 2.75) is 58.0 Å². The zero-order valence-corrected chi connectivity index (χ0v) is 10.00. The summed E-state index contributed by atoms with van der Waals surface area (Å²) in [6.07, 6.45) is 6.57. The second-order valence-electron chi connectivity index (χ2n) is 5.20. The summed E-state index contributed by atoms with van der Waals surface area (Å²) in [6.45, 7) is 5.73. The fourth-order valence-corrected chi connectivity index (χ4v) is 2.58.